The Bertz CT molecular complexity index is 805. The van der Waals surface area contributed by atoms with E-state index in [1.165, 1.54) is 23.9 Å². The second kappa shape index (κ2) is 22.7. The van der Waals surface area contributed by atoms with Gasteiger partial charge in [0, 0.05) is 13.7 Å². The molecule has 1 aromatic rings. The van der Waals surface area contributed by atoms with Crippen LogP contribution in [0.2, 0.25) is 0 Å². The fourth-order valence-corrected chi connectivity index (χ4v) is 4.35. The third-order valence-electron chi connectivity index (χ3n) is 4.91. The van der Waals surface area contributed by atoms with Gasteiger partial charge in [-0.25, -0.2) is 9.67 Å². The van der Waals surface area contributed by atoms with E-state index in [0.717, 1.165) is 32.2 Å². The number of primary amides is 1. The van der Waals surface area contributed by atoms with Crippen LogP contribution >= 0.6 is 8.22 Å². The summed E-state index contributed by atoms with van der Waals surface area (Å²) in [7, 11) is 0.597. The van der Waals surface area contributed by atoms with Crippen LogP contribution in [-0.4, -0.2) is 71.9 Å². The molecule has 0 spiro atoms. The molecule has 1 fully saturated rings. The van der Waals surface area contributed by atoms with Crippen molar-refractivity contribution in [2.75, 3.05) is 26.9 Å². The summed E-state index contributed by atoms with van der Waals surface area (Å²) in [6, 6.07) is -0.371. The summed E-state index contributed by atoms with van der Waals surface area (Å²) in [5.74, 6) is 0.794. The van der Waals surface area contributed by atoms with Gasteiger partial charge in [-0.1, -0.05) is 46.6 Å². The number of aromatic nitrogens is 3. The van der Waals surface area contributed by atoms with Gasteiger partial charge in [-0.3, -0.25) is 19.8 Å². The molecule has 1 aromatic heterocycles. The van der Waals surface area contributed by atoms with Crippen LogP contribution < -0.4 is 15.9 Å². The minimum absolute atomic E-state index is 0.0430. The van der Waals surface area contributed by atoms with E-state index in [0.29, 0.717) is 13.0 Å². The molecule has 1 aliphatic heterocycles. The molecular weight excluding hydrogens is 511 g/mol. The number of amides is 1. The summed E-state index contributed by atoms with van der Waals surface area (Å²) < 4.78 is 17.3. The lowest BCUT2D eigenvalue weighted by atomic mass is 10.2. The number of nitrogens with one attached hydrogen (secondary N) is 2. The Labute approximate surface area is 228 Å². The quantitative estimate of drug-likeness (QED) is 0.119. The topological polar surface area (TPSA) is 160 Å². The standard InChI is InChI=1S/C18H29N6O5P.C5H12O.C2H6/c1-3-4-8-28-16(26)10-21-30(23-13(2)11-25)9-7-14-5-6-15(29-14)24-12-20-18(22-24)17(19)27;1-3-4-5-6-2;1-2/h7,9,11-15,21,23H,3-6,8,10H2,1-2H3,(H2,19,27);3-5H2,1-2H3;1-2H3/b9-7+;;. The van der Waals surface area contributed by atoms with Gasteiger partial charge in [0.1, 0.15) is 12.6 Å². The normalized spacial score (nSPS) is 18.1. The molecule has 218 valence electrons. The number of rotatable bonds is 16. The molecule has 0 saturated carbocycles. The zero-order chi connectivity index (χ0) is 28.8. The molecule has 12 nitrogen and oxygen atoms in total. The lowest BCUT2D eigenvalue weighted by Crippen LogP contribution is -2.30. The number of aldehydes is 1. The number of unbranched alkanes of at least 4 members (excludes halogenated alkanes) is 2. The predicted octanol–water partition coefficient (Wildman–Crippen LogP) is 3.45. The van der Waals surface area contributed by atoms with E-state index < -0.39 is 14.1 Å². The molecule has 0 aliphatic carbocycles. The second-order valence-electron chi connectivity index (χ2n) is 8.14. The van der Waals surface area contributed by atoms with E-state index in [2.05, 4.69) is 27.2 Å². The van der Waals surface area contributed by atoms with Crippen LogP contribution in [0.1, 0.15) is 90.0 Å². The van der Waals surface area contributed by atoms with Crippen LogP contribution in [0, 0.1) is 0 Å². The number of ether oxygens (including phenoxy) is 3. The Balaban J connectivity index is 0.00000150. The number of carbonyl (C=O) groups excluding carboxylic acids is 3. The summed E-state index contributed by atoms with van der Waals surface area (Å²) in [4.78, 5) is 37.8. The molecule has 38 heavy (non-hydrogen) atoms. The van der Waals surface area contributed by atoms with Gasteiger partial charge in [-0.15, -0.1) is 5.10 Å². The highest BCUT2D eigenvalue weighted by molar-refractivity contribution is 7.56. The van der Waals surface area contributed by atoms with Gasteiger partial charge in [0.25, 0.3) is 5.91 Å². The van der Waals surface area contributed by atoms with Crippen molar-refractivity contribution in [2.24, 2.45) is 5.73 Å². The first kappa shape index (κ1) is 35.8. The smallest absolute Gasteiger partial charge is 0.320 e. The molecule has 1 amide bonds. The molecule has 2 rings (SSSR count). The van der Waals surface area contributed by atoms with E-state index in [1.807, 2.05) is 32.7 Å². The Hall–Kier alpha value is -2.24. The lowest BCUT2D eigenvalue weighted by Gasteiger charge is -2.19. The molecule has 0 bridgehead atoms. The van der Waals surface area contributed by atoms with Crippen LogP contribution in [0.15, 0.2) is 18.2 Å². The zero-order valence-corrected chi connectivity index (χ0v) is 24.6. The third kappa shape index (κ3) is 15.9. The highest BCUT2D eigenvalue weighted by atomic mass is 31.1. The Kier molecular flexibility index (Phi) is 21.4. The fourth-order valence-electron chi connectivity index (χ4n) is 2.90. The van der Waals surface area contributed by atoms with Crippen molar-refractivity contribution in [1.29, 1.82) is 0 Å². The van der Waals surface area contributed by atoms with Crippen molar-refractivity contribution in [2.45, 2.75) is 91.5 Å². The average Bonchev–Trinajstić information content (AvgIpc) is 3.61. The Morgan fingerprint density at radius 1 is 1.26 bits per heavy atom. The molecule has 1 aliphatic rings. The fraction of sp³-hybridized carbons (Fsp3) is 0.720. The number of nitrogens with zero attached hydrogens (tertiary/aromatic N) is 3. The van der Waals surface area contributed by atoms with Crippen molar-refractivity contribution in [3.63, 3.8) is 0 Å². The molecule has 4 N–H and O–H groups in total. The predicted molar refractivity (Wildman–Crippen MR) is 148 cm³/mol. The van der Waals surface area contributed by atoms with Crippen LogP contribution in [0.4, 0.5) is 0 Å². The van der Waals surface area contributed by atoms with Crippen LogP contribution in [0.3, 0.4) is 0 Å². The molecule has 4 unspecified atom stereocenters. The number of hydrogen-bond donors (Lipinski definition) is 3. The summed E-state index contributed by atoms with van der Waals surface area (Å²) in [5.41, 5.74) is 5.17. The average molecular weight is 559 g/mol. The third-order valence-corrected chi connectivity index (χ3v) is 6.56. The largest absolute Gasteiger partial charge is 0.465 e. The second-order valence-corrected chi connectivity index (χ2v) is 9.75. The summed E-state index contributed by atoms with van der Waals surface area (Å²) in [5, 5.41) is 10.2. The summed E-state index contributed by atoms with van der Waals surface area (Å²) >= 11 is 0. The minimum Gasteiger partial charge on any atom is -0.465 e. The van der Waals surface area contributed by atoms with Crippen molar-refractivity contribution in [3.05, 3.63) is 24.0 Å². The van der Waals surface area contributed by atoms with Gasteiger partial charge in [0.2, 0.25) is 5.82 Å². The molecule has 0 aromatic carbocycles. The molecule has 2 heterocycles. The van der Waals surface area contributed by atoms with Gasteiger partial charge in [-0.2, -0.15) is 0 Å². The van der Waals surface area contributed by atoms with Crippen molar-refractivity contribution >= 4 is 26.4 Å². The molecule has 4 atom stereocenters. The summed E-state index contributed by atoms with van der Waals surface area (Å²) in [6.07, 6.45) is 9.24. The van der Waals surface area contributed by atoms with Crippen molar-refractivity contribution in [3.8, 4) is 0 Å². The Morgan fingerprint density at radius 2 is 1.95 bits per heavy atom. The first-order valence-corrected chi connectivity index (χ1v) is 14.7. The highest BCUT2D eigenvalue weighted by Gasteiger charge is 2.26. The van der Waals surface area contributed by atoms with Crippen LogP contribution in [-0.2, 0) is 23.8 Å². The molecule has 0 radical (unpaired) electrons. The SMILES string of the molecule is CC.CCCCOC.CCCCOC(=O)CNP(/C=C/C1CCC(n2cnc(C(N)=O)n2)O1)NC(C)C=O. The Morgan fingerprint density at radius 3 is 2.50 bits per heavy atom. The van der Waals surface area contributed by atoms with Crippen LogP contribution in [0.25, 0.3) is 0 Å². The molecule has 13 heteroatoms. The van der Waals surface area contributed by atoms with E-state index in [9.17, 15) is 14.4 Å². The van der Waals surface area contributed by atoms with Gasteiger partial charge >= 0.3 is 5.97 Å². The van der Waals surface area contributed by atoms with Gasteiger partial charge < -0.3 is 24.7 Å². The van der Waals surface area contributed by atoms with E-state index >= 15 is 0 Å². The van der Waals surface area contributed by atoms with Crippen LogP contribution in [0.5, 0.6) is 0 Å². The molecular formula is C25H47N6O6P. The molecule has 1 saturated heterocycles. The maximum atomic E-state index is 11.8. The number of methoxy groups -OCH3 is 1. The maximum absolute atomic E-state index is 11.8. The van der Waals surface area contributed by atoms with Gasteiger partial charge in [-0.05, 0) is 38.4 Å². The van der Waals surface area contributed by atoms with Gasteiger partial charge in [0.05, 0.1) is 33.5 Å². The number of carbonyl (C=O) groups is 3. The number of hydrogen-bond acceptors (Lipinski definition) is 10. The van der Waals surface area contributed by atoms with E-state index in [-0.39, 0.29) is 36.7 Å². The summed E-state index contributed by atoms with van der Waals surface area (Å²) in [6.45, 7) is 11.3. The van der Waals surface area contributed by atoms with E-state index in [4.69, 9.17) is 19.9 Å². The zero-order valence-electron chi connectivity index (χ0n) is 23.7. The number of esters is 1. The maximum Gasteiger partial charge on any atom is 0.320 e. The van der Waals surface area contributed by atoms with Gasteiger partial charge in [0.15, 0.2) is 6.23 Å². The monoisotopic (exact) mass is 558 g/mol. The van der Waals surface area contributed by atoms with E-state index in [1.54, 1.807) is 14.0 Å². The highest BCUT2D eigenvalue weighted by Crippen LogP contribution is 2.32. The lowest BCUT2D eigenvalue weighted by molar-refractivity contribution is -0.142. The first-order chi connectivity index (χ1) is 18.3. The van der Waals surface area contributed by atoms with Crippen molar-refractivity contribution < 1.29 is 28.6 Å². The number of nitrogens with two attached hydrogens (primary N) is 1. The van der Waals surface area contributed by atoms with Crippen molar-refractivity contribution in [1.82, 2.24) is 24.9 Å². The minimum atomic E-state index is -1.13. The first-order valence-electron chi connectivity index (χ1n) is 13.3.